The number of hydrogen-bond acceptors (Lipinski definition) is 6. The first kappa shape index (κ1) is 22.3. The van der Waals surface area contributed by atoms with Crippen LogP contribution in [-0.4, -0.2) is 30.4 Å². The fraction of sp³-hybridized carbons (Fsp3) is 0.455. The monoisotopic (exact) mass is 425 g/mol. The lowest BCUT2D eigenvalue weighted by molar-refractivity contribution is 0.265. The van der Waals surface area contributed by atoms with Crippen LogP contribution in [0.1, 0.15) is 44.5 Å². The third kappa shape index (κ3) is 4.39. The Balaban J connectivity index is 2.05. The number of para-hydroxylation sites is 1. The van der Waals surface area contributed by atoms with E-state index in [1.807, 2.05) is 13.8 Å². The summed E-state index contributed by atoms with van der Waals surface area (Å²) >= 11 is 0. The number of benzene rings is 1. The van der Waals surface area contributed by atoms with Gasteiger partial charge in [-0.15, -0.1) is 0 Å². The second-order valence-corrected chi connectivity index (χ2v) is 7.21. The van der Waals surface area contributed by atoms with Crippen LogP contribution in [0.2, 0.25) is 0 Å². The van der Waals surface area contributed by atoms with Crippen molar-refractivity contribution in [1.29, 1.82) is 5.26 Å². The number of ether oxygens (including phenoxy) is 1. The van der Waals surface area contributed by atoms with E-state index < -0.39 is 11.2 Å². The molecule has 0 saturated heterocycles. The summed E-state index contributed by atoms with van der Waals surface area (Å²) in [4.78, 5) is 30.8. The first-order valence-corrected chi connectivity index (χ1v) is 10.5. The van der Waals surface area contributed by atoms with Gasteiger partial charge in [0.05, 0.1) is 12.1 Å². The second-order valence-electron chi connectivity index (χ2n) is 7.21. The summed E-state index contributed by atoms with van der Waals surface area (Å²) in [6, 6.07) is 8.87. The Morgan fingerprint density at radius 3 is 2.52 bits per heavy atom. The molecule has 0 spiro atoms. The molecule has 2 heterocycles. The van der Waals surface area contributed by atoms with Gasteiger partial charge in [0.1, 0.15) is 30.9 Å². The van der Waals surface area contributed by atoms with E-state index in [1.54, 1.807) is 28.8 Å². The lowest BCUT2D eigenvalue weighted by atomic mass is 10.2. The largest absolute Gasteiger partial charge is 0.490 e. The zero-order valence-electron chi connectivity index (χ0n) is 17.9. The topological polar surface area (TPSA) is 115 Å². The van der Waals surface area contributed by atoms with Crippen LogP contribution in [-0.2, 0) is 26.2 Å². The van der Waals surface area contributed by atoms with Crippen LogP contribution in [0.5, 0.6) is 5.75 Å². The fourth-order valence-electron chi connectivity index (χ4n) is 3.57. The molecule has 9 heteroatoms. The number of aromatic nitrogens is 4. The molecule has 0 atom stereocenters. The molecule has 1 N–H and O–H groups in total. The van der Waals surface area contributed by atoms with E-state index in [-0.39, 0.29) is 19.8 Å². The summed E-state index contributed by atoms with van der Waals surface area (Å²) < 4.78 is 10.0. The van der Waals surface area contributed by atoms with Crippen LogP contribution >= 0.6 is 0 Å². The van der Waals surface area contributed by atoms with Gasteiger partial charge in [-0.3, -0.25) is 13.9 Å². The fourth-order valence-corrected chi connectivity index (χ4v) is 3.57. The standard InChI is InChI=1S/C22H27N5O4/c1-3-5-11-26-20-19(25(10-4-2)18(15-28)24-20)21(29)27(22(26)30)12-13-31-17-9-7-6-8-16(17)14-23/h6-9,28H,3-5,10-13,15H2,1-2H3. The van der Waals surface area contributed by atoms with E-state index in [1.165, 1.54) is 4.57 Å². The molecule has 9 nitrogen and oxygen atoms in total. The van der Waals surface area contributed by atoms with Crippen LogP contribution < -0.4 is 16.0 Å². The van der Waals surface area contributed by atoms with Crippen molar-refractivity contribution in [2.24, 2.45) is 0 Å². The van der Waals surface area contributed by atoms with Gasteiger partial charge in [0.2, 0.25) is 0 Å². The maximum absolute atomic E-state index is 13.3. The van der Waals surface area contributed by atoms with E-state index in [4.69, 9.17) is 4.74 Å². The van der Waals surface area contributed by atoms with Gasteiger partial charge >= 0.3 is 5.69 Å². The number of hydrogen-bond donors (Lipinski definition) is 1. The minimum Gasteiger partial charge on any atom is -0.490 e. The molecule has 0 fully saturated rings. The zero-order valence-corrected chi connectivity index (χ0v) is 17.9. The van der Waals surface area contributed by atoms with Gasteiger partial charge in [-0.1, -0.05) is 32.4 Å². The van der Waals surface area contributed by atoms with E-state index in [0.29, 0.717) is 41.4 Å². The van der Waals surface area contributed by atoms with Crippen molar-refractivity contribution in [3.05, 3.63) is 56.5 Å². The Morgan fingerprint density at radius 2 is 1.84 bits per heavy atom. The molecule has 0 aliphatic rings. The molecule has 2 aromatic heterocycles. The minimum atomic E-state index is -0.453. The Bertz CT molecular complexity index is 1220. The highest BCUT2D eigenvalue weighted by molar-refractivity contribution is 5.71. The molecule has 0 radical (unpaired) electrons. The van der Waals surface area contributed by atoms with E-state index in [0.717, 1.165) is 23.8 Å². The molecule has 3 aromatic rings. The number of unbranched alkanes of at least 4 members (excludes halogenated alkanes) is 1. The summed E-state index contributed by atoms with van der Waals surface area (Å²) in [6.07, 6.45) is 2.39. The second kappa shape index (κ2) is 10.1. The number of aliphatic hydroxyl groups is 1. The van der Waals surface area contributed by atoms with Crippen LogP contribution in [0, 0.1) is 11.3 Å². The molecule has 0 saturated carbocycles. The molecule has 164 valence electrons. The smallest absolute Gasteiger partial charge is 0.332 e. The quantitative estimate of drug-likeness (QED) is 0.531. The van der Waals surface area contributed by atoms with E-state index in [9.17, 15) is 20.0 Å². The maximum atomic E-state index is 13.3. The number of nitriles is 1. The molecule has 0 unspecified atom stereocenters. The zero-order chi connectivity index (χ0) is 22.4. The summed E-state index contributed by atoms with van der Waals surface area (Å²) in [5.74, 6) is 0.777. The number of imidazole rings is 1. The SMILES string of the molecule is CCCCn1c(=O)n(CCOc2ccccc2C#N)c(=O)c2c1nc(CO)n2CCC. The molecule has 0 amide bonds. The molecular formula is C22H27N5O4. The van der Waals surface area contributed by atoms with Crippen LogP contribution in [0.15, 0.2) is 33.9 Å². The van der Waals surface area contributed by atoms with Crippen LogP contribution in [0.3, 0.4) is 0 Å². The van der Waals surface area contributed by atoms with Crippen molar-refractivity contribution >= 4 is 11.2 Å². The summed E-state index contributed by atoms with van der Waals surface area (Å²) in [7, 11) is 0. The number of rotatable bonds is 10. The van der Waals surface area contributed by atoms with Crippen molar-refractivity contribution < 1.29 is 9.84 Å². The third-order valence-corrected chi connectivity index (χ3v) is 5.10. The van der Waals surface area contributed by atoms with Crippen molar-refractivity contribution in [1.82, 2.24) is 18.7 Å². The predicted octanol–water partition coefficient (Wildman–Crippen LogP) is 2.01. The molecule has 3 rings (SSSR count). The Morgan fingerprint density at radius 1 is 1.06 bits per heavy atom. The first-order chi connectivity index (χ1) is 15.1. The van der Waals surface area contributed by atoms with Gasteiger partial charge in [0.15, 0.2) is 11.2 Å². The summed E-state index contributed by atoms with van der Waals surface area (Å²) in [5, 5.41) is 18.9. The van der Waals surface area contributed by atoms with E-state index in [2.05, 4.69) is 11.1 Å². The predicted molar refractivity (Wildman–Crippen MR) is 116 cm³/mol. The highest BCUT2D eigenvalue weighted by Gasteiger charge is 2.21. The van der Waals surface area contributed by atoms with Crippen LogP contribution in [0.25, 0.3) is 11.2 Å². The lowest BCUT2D eigenvalue weighted by Crippen LogP contribution is -2.41. The Hall–Kier alpha value is -3.38. The number of aliphatic hydroxyl groups excluding tert-OH is 1. The lowest BCUT2D eigenvalue weighted by Gasteiger charge is -2.13. The molecular weight excluding hydrogens is 398 g/mol. The Labute approximate surface area is 179 Å². The van der Waals surface area contributed by atoms with Crippen molar-refractivity contribution in [2.75, 3.05) is 6.61 Å². The van der Waals surface area contributed by atoms with Crippen LogP contribution in [0.4, 0.5) is 0 Å². The third-order valence-electron chi connectivity index (χ3n) is 5.10. The summed E-state index contributed by atoms with van der Waals surface area (Å²) in [5.41, 5.74) is 0.116. The average molecular weight is 425 g/mol. The molecule has 31 heavy (non-hydrogen) atoms. The van der Waals surface area contributed by atoms with Gasteiger partial charge in [-0.25, -0.2) is 9.78 Å². The van der Waals surface area contributed by atoms with Crippen molar-refractivity contribution in [3.8, 4) is 11.8 Å². The van der Waals surface area contributed by atoms with Crippen molar-refractivity contribution in [3.63, 3.8) is 0 Å². The Kier molecular flexibility index (Phi) is 7.26. The number of aryl methyl sites for hydroxylation is 2. The minimum absolute atomic E-state index is 0.0330. The van der Waals surface area contributed by atoms with E-state index >= 15 is 0 Å². The molecule has 1 aromatic carbocycles. The normalized spacial score (nSPS) is 11.0. The molecule has 0 bridgehead atoms. The average Bonchev–Trinajstić information content (AvgIpc) is 3.15. The summed E-state index contributed by atoms with van der Waals surface area (Å²) in [6.45, 7) is 4.71. The first-order valence-electron chi connectivity index (χ1n) is 10.5. The maximum Gasteiger partial charge on any atom is 0.332 e. The van der Waals surface area contributed by atoms with Gasteiger partial charge in [-0.2, -0.15) is 5.26 Å². The number of nitrogens with zero attached hydrogens (tertiary/aromatic N) is 5. The van der Waals surface area contributed by atoms with Gasteiger partial charge < -0.3 is 14.4 Å². The van der Waals surface area contributed by atoms with Gasteiger partial charge in [0, 0.05) is 13.1 Å². The number of fused-ring (bicyclic) bond motifs is 1. The highest BCUT2D eigenvalue weighted by Crippen LogP contribution is 2.17. The van der Waals surface area contributed by atoms with Gasteiger partial charge in [-0.05, 0) is 25.0 Å². The van der Waals surface area contributed by atoms with Gasteiger partial charge in [0.25, 0.3) is 5.56 Å². The molecule has 0 aliphatic carbocycles. The highest BCUT2D eigenvalue weighted by atomic mass is 16.5. The molecule has 0 aliphatic heterocycles. The van der Waals surface area contributed by atoms with Crippen molar-refractivity contribution in [2.45, 2.75) is 59.4 Å².